The van der Waals surface area contributed by atoms with Gasteiger partial charge in [-0.3, -0.25) is 4.98 Å². The Morgan fingerprint density at radius 3 is 2.84 bits per heavy atom. The van der Waals surface area contributed by atoms with Crippen LogP contribution in [0.4, 0.5) is 11.8 Å². The lowest BCUT2D eigenvalue weighted by molar-refractivity contribution is 1.18. The van der Waals surface area contributed by atoms with Crippen molar-refractivity contribution in [2.75, 3.05) is 18.1 Å². The van der Waals surface area contributed by atoms with E-state index in [4.69, 9.17) is 5.73 Å². The summed E-state index contributed by atoms with van der Waals surface area (Å²) in [5.74, 6) is 0.950. The molecular formula is C14H13N5. The average Bonchev–Trinajstić information content (AvgIpc) is 2.46. The van der Waals surface area contributed by atoms with E-state index in [1.165, 1.54) is 0 Å². The lowest BCUT2D eigenvalue weighted by Gasteiger charge is -2.08. The van der Waals surface area contributed by atoms with Crippen LogP contribution in [0.3, 0.4) is 0 Å². The van der Waals surface area contributed by atoms with Crippen LogP contribution in [0.2, 0.25) is 0 Å². The van der Waals surface area contributed by atoms with Crippen LogP contribution in [0.1, 0.15) is 0 Å². The van der Waals surface area contributed by atoms with Crippen LogP contribution in [-0.4, -0.2) is 22.0 Å². The van der Waals surface area contributed by atoms with Crippen molar-refractivity contribution in [1.29, 1.82) is 0 Å². The number of nitrogens with two attached hydrogens (primary N) is 1. The summed E-state index contributed by atoms with van der Waals surface area (Å²) >= 11 is 0. The molecule has 0 radical (unpaired) electrons. The summed E-state index contributed by atoms with van der Waals surface area (Å²) < 4.78 is 0. The fourth-order valence-corrected chi connectivity index (χ4v) is 2.06. The molecule has 2 aromatic heterocycles. The molecule has 5 heteroatoms. The maximum atomic E-state index is 5.74. The van der Waals surface area contributed by atoms with Gasteiger partial charge in [0.2, 0.25) is 5.95 Å². The maximum Gasteiger partial charge on any atom is 0.222 e. The zero-order chi connectivity index (χ0) is 13.2. The first kappa shape index (κ1) is 11.4. The van der Waals surface area contributed by atoms with Gasteiger partial charge in [-0.05, 0) is 12.1 Å². The van der Waals surface area contributed by atoms with E-state index < -0.39 is 0 Å². The summed E-state index contributed by atoms with van der Waals surface area (Å²) in [4.78, 5) is 12.7. The van der Waals surface area contributed by atoms with Crippen molar-refractivity contribution in [2.45, 2.75) is 0 Å². The van der Waals surface area contributed by atoms with Crippen molar-refractivity contribution in [2.24, 2.45) is 0 Å². The molecule has 0 amide bonds. The number of hydrogen-bond donors (Lipinski definition) is 2. The van der Waals surface area contributed by atoms with Crippen LogP contribution in [0.5, 0.6) is 0 Å². The third-order valence-corrected chi connectivity index (χ3v) is 2.92. The normalized spacial score (nSPS) is 10.6. The molecule has 0 aliphatic carbocycles. The van der Waals surface area contributed by atoms with Crippen LogP contribution >= 0.6 is 0 Å². The number of hydrogen-bond acceptors (Lipinski definition) is 5. The van der Waals surface area contributed by atoms with Gasteiger partial charge in [-0.2, -0.15) is 4.98 Å². The molecule has 0 saturated carbocycles. The first-order valence-corrected chi connectivity index (χ1v) is 5.94. The lowest BCUT2D eigenvalue weighted by Crippen LogP contribution is -2.01. The van der Waals surface area contributed by atoms with Gasteiger partial charge in [0.1, 0.15) is 5.82 Å². The maximum absolute atomic E-state index is 5.74. The second kappa shape index (κ2) is 4.53. The minimum atomic E-state index is 0.253. The van der Waals surface area contributed by atoms with Crippen molar-refractivity contribution in [3.8, 4) is 11.3 Å². The van der Waals surface area contributed by atoms with Crippen LogP contribution in [0.15, 0.2) is 42.6 Å². The number of benzene rings is 1. The van der Waals surface area contributed by atoms with Crippen LogP contribution < -0.4 is 11.1 Å². The number of aromatic nitrogens is 3. The van der Waals surface area contributed by atoms with Crippen LogP contribution in [-0.2, 0) is 0 Å². The second-order valence-corrected chi connectivity index (χ2v) is 4.12. The number of fused-ring (bicyclic) bond motifs is 1. The summed E-state index contributed by atoms with van der Waals surface area (Å²) in [5.41, 5.74) is 8.46. The van der Waals surface area contributed by atoms with Crippen LogP contribution in [0.25, 0.3) is 22.2 Å². The van der Waals surface area contributed by atoms with Crippen molar-refractivity contribution in [3.05, 3.63) is 42.6 Å². The number of nitrogen functional groups attached to an aromatic ring is 1. The van der Waals surface area contributed by atoms with Gasteiger partial charge < -0.3 is 11.1 Å². The number of pyridine rings is 1. The average molecular weight is 251 g/mol. The molecule has 0 aliphatic heterocycles. The Morgan fingerprint density at radius 1 is 1.11 bits per heavy atom. The van der Waals surface area contributed by atoms with E-state index in [0.717, 1.165) is 22.2 Å². The first-order valence-electron chi connectivity index (χ1n) is 5.94. The van der Waals surface area contributed by atoms with Crippen molar-refractivity contribution < 1.29 is 0 Å². The molecule has 0 unspecified atom stereocenters. The molecule has 3 aromatic rings. The molecule has 2 heterocycles. The molecule has 0 spiro atoms. The Kier molecular flexibility index (Phi) is 2.72. The number of nitrogens with one attached hydrogen (secondary N) is 1. The number of anilines is 2. The third-order valence-electron chi connectivity index (χ3n) is 2.92. The summed E-state index contributed by atoms with van der Waals surface area (Å²) in [5, 5.41) is 4.03. The van der Waals surface area contributed by atoms with Gasteiger partial charge in [0.05, 0.1) is 11.2 Å². The molecule has 1 aromatic carbocycles. The minimum Gasteiger partial charge on any atom is -0.373 e. The SMILES string of the molecule is CNc1cc(-c2cccc3ncccc23)nc(N)n1. The number of rotatable bonds is 2. The molecule has 0 atom stereocenters. The Bertz CT molecular complexity index is 733. The zero-order valence-corrected chi connectivity index (χ0v) is 10.5. The summed E-state index contributed by atoms with van der Waals surface area (Å²) in [6, 6.07) is 11.7. The third kappa shape index (κ3) is 2.06. The highest BCUT2D eigenvalue weighted by Crippen LogP contribution is 2.27. The predicted octanol–water partition coefficient (Wildman–Crippen LogP) is 2.32. The van der Waals surface area contributed by atoms with Crippen molar-refractivity contribution in [1.82, 2.24) is 15.0 Å². The molecule has 3 N–H and O–H groups in total. The Labute approximate surface area is 110 Å². The molecule has 5 nitrogen and oxygen atoms in total. The van der Waals surface area contributed by atoms with Gasteiger partial charge in [-0.25, -0.2) is 4.98 Å². The summed E-state index contributed by atoms with van der Waals surface area (Å²) in [7, 11) is 1.80. The van der Waals surface area contributed by atoms with E-state index >= 15 is 0 Å². The largest absolute Gasteiger partial charge is 0.373 e. The lowest BCUT2D eigenvalue weighted by atomic mass is 10.1. The van der Waals surface area contributed by atoms with E-state index in [0.29, 0.717) is 5.82 Å². The molecule has 3 rings (SSSR count). The van der Waals surface area contributed by atoms with E-state index in [9.17, 15) is 0 Å². The van der Waals surface area contributed by atoms with Gasteiger partial charge in [0, 0.05) is 30.3 Å². The topological polar surface area (TPSA) is 76.7 Å². The molecule has 19 heavy (non-hydrogen) atoms. The van der Waals surface area contributed by atoms with Gasteiger partial charge in [0.25, 0.3) is 0 Å². The first-order chi connectivity index (χ1) is 9.28. The van der Waals surface area contributed by atoms with E-state index in [2.05, 4.69) is 20.3 Å². The zero-order valence-electron chi connectivity index (χ0n) is 10.5. The smallest absolute Gasteiger partial charge is 0.222 e. The van der Waals surface area contributed by atoms with Crippen LogP contribution in [0, 0.1) is 0 Å². The molecule has 0 aliphatic rings. The minimum absolute atomic E-state index is 0.253. The highest BCUT2D eigenvalue weighted by Gasteiger charge is 2.08. The van der Waals surface area contributed by atoms with Gasteiger partial charge in [-0.15, -0.1) is 0 Å². The molecule has 0 fully saturated rings. The quantitative estimate of drug-likeness (QED) is 0.731. The molecule has 94 valence electrons. The Morgan fingerprint density at radius 2 is 2.00 bits per heavy atom. The highest BCUT2D eigenvalue weighted by molar-refractivity contribution is 5.93. The monoisotopic (exact) mass is 251 g/mol. The van der Waals surface area contributed by atoms with E-state index in [1.54, 1.807) is 13.2 Å². The summed E-state index contributed by atoms with van der Waals surface area (Å²) in [6.45, 7) is 0. The van der Waals surface area contributed by atoms with Crippen molar-refractivity contribution in [3.63, 3.8) is 0 Å². The van der Waals surface area contributed by atoms with Gasteiger partial charge in [-0.1, -0.05) is 18.2 Å². The molecule has 0 bridgehead atoms. The van der Waals surface area contributed by atoms with E-state index in [1.807, 2.05) is 36.4 Å². The molecule has 0 saturated heterocycles. The Balaban J connectivity index is 2.27. The van der Waals surface area contributed by atoms with Crippen molar-refractivity contribution >= 4 is 22.7 Å². The summed E-state index contributed by atoms with van der Waals surface area (Å²) in [6.07, 6.45) is 1.78. The standard InChI is InChI=1S/C14H13N5/c1-16-13-8-12(18-14(15)19-13)10-4-2-6-11-9(10)5-3-7-17-11/h2-8H,1H3,(H3,15,16,18,19). The second-order valence-electron chi connectivity index (χ2n) is 4.12. The fraction of sp³-hybridized carbons (Fsp3) is 0.0714. The van der Waals surface area contributed by atoms with E-state index in [-0.39, 0.29) is 5.95 Å². The highest BCUT2D eigenvalue weighted by atomic mass is 15.1. The van der Waals surface area contributed by atoms with Gasteiger partial charge >= 0.3 is 0 Å². The predicted molar refractivity (Wildman–Crippen MR) is 76.7 cm³/mol. The van der Waals surface area contributed by atoms with Gasteiger partial charge in [0.15, 0.2) is 0 Å². The fourth-order valence-electron chi connectivity index (χ4n) is 2.06. The number of nitrogens with zero attached hydrogens (tertiary/aromatic N) is 3. The Hall–Kier alpha value is -2.69. The molecular weight excluding hydrogens is 238 g/mol.